The van der Waals surface area contributed by atoms with Gasteiger partial charge in [-0.3, -0.25) is 4.79 Å². The smallest absolute Gasteiger partial charge is 0.276 e. The summed E-state index contributed by atoms with van der Waals surface area (Å²) in [4.78, 5) is 21.6. The highest BCUT2D eigenvalue weighted by atomic mass is 16.6. The normalized spacial score (nSPS) is 32.8. The van der Waals surface area contributed by atoms with Crippen LogP contribution in [0.2, 0.25) is 0 Å². The van der Waals surface area contributed by atoms with E-state index >= 15 is 0 Å². The standard InChI is InChI=1S/C11H16N4O5/c1-14-4-15(9-6(14)10(19)13-3-12-9)11-8(18)7(17)5(2-16)20-11/h3,5,7-8,11,16-18H,2,4H2,1H3,(H,12,13,19). The first-order valence-electron chi connectivity index (χ1n) is 6.22. The van der Waals surface area contributed by atoms with E-state index in [1.807, 2.05) is 0 Å². The first-order valence-corrected chi connectivity index (χ1v) is 6.22. The highest BCUT2D eigenvalue weighted by molar-refractivity contribution is 5.71. The molecule has 9 heteroatoms. The van der Waals surface area contributed by atoms with Gasteiger partial charge in [0.15, 0.2) is 12.0 Å². The second-order valence-corrected chi connectivity index (χ2v) is 4.94. The van der Waals surface area contributed by atoms with Crippen LogP contribution in [0.1, 0.15) is 0 Å². The summed E-state index contributed by atoms with van der Waals surface area (Å²) in [5.74, 6) is 0.381. The lowest BCUT2D eigenvalue weighted by Crippen LogP contribution is -2.45. The zero-order valence-corrected chi connectivity index (χ0v) is 10.8. The number of aromatic amines is 1. The molecule has 1 aromatic heterocycles. The van der Waals surface area contributed by atoms with Crippen LogP contribution in [-0.2, 0) is 4.74 Å². The number of hydrogen-bond acceptors (Lipinski definition) is 8. The molecule has 4 N–H and O–H groups in total. The molecule has 0 amide bonds. The summed E-state index contributed by atoms with van der Waals surface area (Å²) in [5, 5.41) is 28.9. The van der Waals surface area contributed by atoms with Crippen molar-refractivity contribution in [1.29, 1.82) is 0 Å². The van der Waals surface area contributed by atoms with Crippen molar-refractivity contribution in [3.63, 3.8) is 0 Å². The van der Waals surface area contributed by atoms with Gasteiger partial charge in [-0.05, 0) is 0 Å². The Morgan fingerprint density at radius 2 is 2.25 bits per heavy atom. The molecule has 0 radical (unpaired) electrons. The Hall–Kier alpha value is -1.68. The first-order chi connectivity index (χ1) is 9.54. The summed E-state index contributed by atoms with van der Waals surface area (Å²) in [5.41, 5.74) is 0.0944. The molecule has 4 unspecified atom stereocenters. The van der Waals surface area contributed by atoms with Gasteiger partial charge < -0.3 is 34.8 Å². The van der Waals surface area contributed by atoms with Crippen LogP contribution in [-0.4, -0.2) is 70.2 Å². The van der Waals surface area contributed by atoms with E-state index in [9.17, 15) is 15.0 Å². The number of ether oxygens (including phenoxy) is 1. The van der Waals surface area contributed by atoms with Crippen molar-refractivity contribution in [2.75, 3.05) is 30.1 Å². The van der Waals surface area contributed by atoms with Crippen molar-refractivity contribution in [1.82, 2.24) is 9.97 Å². The Kier molecular flexibility index (Phi) is 3.13. The number of nitrogens with one attached hydrogen (secondary N) is 1. The molecular weight excluding hydrogens is 268 g/mol. The minimum absolute atomic E-state index is 0.285. The average Bonchev–Trinajstić information content (AvgIpc) is 2.90. The second-order valence-electron chi connectivity index (χ2n) is 4.94. The fourth-order valence-electron chi connectivity index (χ4n) is 2.64. The van der Waals surface area contributed by atoms with Gasteiger partial charge in [0.1, 0.15) is 24.0 Å². The molecule has 9 nitrogen and oxygen atoms in total. The topological polar surface area (TPSA) is 122 Å². The van der Waals surface area contributed by atoms with Crippen molar-refractivity contribution >= 4 is 11.5 Å². The summed E-state index contributed by atoms with van der Waals surface area (Å²) in [6.07, 6.45) is -2.81. The van der Waals surface area contributed by atoms with E-state index in [0.717, 1.165) is 0 Å². The molecule has 3 heterocycles. The molecule has 3 rings (SSSR count). The van der Waals surface area contributed by atoms with E-state index in [1.165, 1.54) is 6.33 Å². The van der Waals surface area contributed by atoms with Gasteiger partial charge in [0.25, 0.3) is 5.56 Å². The largest absolute Gasteiger partial charge is 0.394 e. The Morgan fingerprint density at radius 1 is 1.50 bits per heavy atom. The molecule has 0 bridgehead atoms. The molecule has 0 aliphatic carbocycles. The maximum absolute atomic E-state index is 11.8. The molecule has 110 valence electrons. The van der Waals surface area contributed by atoms with E-state index in [1.54, 1.807) is 16.8 Å². The van der Waals surface area contributed by atoms with Crippen molar-refractivity contribution in [3.8, 4) is 0 Å². The number of aliphatic hydroxyl groups is 3. The maximum Gasteiger partial charge on any atom is 0.276 e. The Morgan fingerprint density at radius 3 is 2.90 bits per heavy atom. The molecular formula is C11H16N4O5. The number of fused-ring (bicyclic) bond motifs is 1. The predicted molar refractivity (Wildman–Crippen MR) is 68.4 cm³/mol. The molecule has 2 aliphatic rings. The van der Waals surface area contributed by atoms with Crippen molar-refractivity contribution in [2.45, 2.75) is 24.5 Å². The van der Waals surface area contributed by atoms with Gasteiger partial charge in [-0.15, -0.1) is 0 Å². The molecule has 0 saturated carbocycles. The average molecular weight is 284 g/mol. The second kappa shape index (κ2) is 4.70. The maximum atomic E-state index is 11.8. The molecule has 1 aromatic rings. The van der Waals surface area contributed by atoms with Crippen LogP contribution in [0.15, 0.2) is 11.1 Å². The van der Waals surface area contributed by atoms with E-state index < -0.39 is 31.1 Å². The number of hydrogen-bond donors (Lipinski definition) is 4. The molecule has 0 spiro atoms. The Bertz CT molecular complexity index is 564. The van der Waals surface area contributed by atoms with E-state index in [-0.39, 0.29) is 5.56 Å². The zero-order valence-electron chi connectivity index (χ0n) is 10.8. The molecule has 4 atom stereocenters. The van der Waals surface area contributed by atoms with E-state index in [4.69, 9.17) is 9.84 Å². The van der Waals surface area contributed by atoms with Crippen LogP contribution in [0, 0.1) is 0 Å². The number of nitrogens with zero attached hydrogens (tertiary/aromatic N) is 3. The molecule has 20 heavy (non-hydrogen) atoms. The third kappa shape index (κ3) is 1.79. The van der Waals surface area contributed by atoms with Gasteiger partial charge in [0.05, 0.1) is 19.6 Å². The fourth-order valence-corrected chi connectivity index (χ4v) is 2.64. The molecule has 1 saturated heterocycles. The predicted octanol–water partition coefficient (Wildman–Crippen LogP) is -2.58. The third-order valence-electron chi connectivity index (χ3n) is 3.65. The van der Waals surface area contributed by atoms with Crippen LogP contribution < -0.4 is 15.4 Å². The lowest BCUT2D eigenvalue weighted by molar-refractivity contribution is -0.0221. The molecule has 2 aliphatic heterocycles. The molecule has 0 aromatic carbocycles. The lowest BCUT2D eigenvalue weighted by atomic mass is 10.1. The van der Waals surface area contributed by atoms with Crippen molar-refractivity contribution in [3.05, 3.63) is 16.7 Å². The minimum Gasteiger partial charge on any atom is -0.394 e. The number of aromatic nitrogens is 2. The van der Waals surface area contributed by atoms with E-state index in [0.29, 0.717) is 18.2 Å². The molecule has 1 fully saturated rings. The highest BCUT2D eigenvalue weighted by Crippen LogP contribution is 2.35. The minimum atomic E-state index is -1.19. The van der Waals surface area contributed by atoms with Gasteiger partial charge in [0.2, 0.25) is 0 Å². The quantitative estimate of drug-likeness (QED) is 0.467. The summed E-state index contributed by atoms with van der Waals surface area (Å²) in [6, 6.07) is 0. The fraction of sp³-hybridized carbons (Fsp3) is 0.636. The van der Waals surface area contributed by atoms with Gasteiger partial charge >= 0.3 is 0 Å². The summed E-state index contributed by atoms with van der Waals surface area (Å²) < 4.78 is 5.46. The zero-order chi connectivity index (χ0) is 14.4. The number of rotatable bonds is 2. The summed E-state index contributed by atoms with van der Waals surface area (Å²) in [6.45, 7) is -0.101. The van der Waals surface area contributed by atoms with Gasteiger partial charge in [-0.25, -0.2) is 4.98 Å². The van der Waals surface area contributed by atoms with Crippen LogP contribution in [0.5, 0.6) is 0 Å². The van der Waals surface area contributed by atoms with Gasteiger partial charge in [-0.1, -0.05) is 0 Å². The number of aliphatic hydroxyl groups excluding tert-OH is 3. The monoisotopic (exact) mass is 284 g/mol. The highest BCUT2D eigenvalue weighted by Gasteiger charge is 2.48. The number of anilines is 2. The Labute approximate surface area is 114 Å². The van der Waals surface area contributed by atoms with Crippen LogP contribution in [0.3, 0.4) is 0 Å². The van der Waals surface area contributed by atoms with Crippen molar-refractivity contribution in [2.24, 2.45) is 0 Å². The third-order valence-corrected chi connectivity index (χ3v) is 3.65. The Balaban J connectivity index is 1.95. The summed E-state index contributed by atoms with van der Waals surface area (Å²) >= 11 is 0. The number of H-pyrrole nitrogens is 1. The van der Waals surface area contributed by atoms with Crippen LogP contribution in [0.25, 0.3) is 0 Å². The van der Waals surface area contributed by atoms with Crippen LogP contribution in [0.4, 0.5) is 11.5 Å². The van der Waals surface area contributed by atoms with Crippen molar-refractivity contribution < 1.29 is 20.1 Å². The van der Waals surface area contributed by atoms with Gasteiger partial charge in [0, 0.05) is 7.05 Å². The SMILES string of the molecule is CN1CN(C2OC(CO)C(O)C2O)c2nc[nH]c(=O)c21. The first kappa shape index (κ1) is 13.3. The summed E-state index contributed by atoms with van der Waals surface area (Å²) in [7, 11) is 1.72. The van der Waals surface area contributed by atoms with Gasteiger partial charge in [-0.2, -0.15) is 0 Å². The van der Waals surface area contributed by atoms with Crippen LogP contribution >= 0.6 is 0 Å². The van der Waals surface area contributed by atoms with E-state index in [2.05, 4.69) is 9.97 Å². The lowest BCUT2D eigenvalue weighted by Gasteiger charge is -2.27.